The molecule has 4 nitrogen and oxygen atoms in total. The van der Waals surface area contributed by atoms with Crippen LogP contribution in [0.5, 0.6) is 0 Å². The second-order valence-corrected chi connectivity index (χ2v) is 5.09. The smallest absolute Gasteiger partial charge is 0.228 e. The summed E-state index contributed by atoms with van der Waals surface area (Å²) in [4.78, 5) is 14.2. The molecular formula is C12H22N2O2. The third kappa shape index (κ3) is 2.55. The van der Waals surface area contributed by atoms with Gasteiger partial charge >= 0.3 is 0 Å². The van der Waals surface area contributed by atoms with Crippen molar-refractivity contribution in [2.75, 3.05) is 26.2 Å². The molecule has 2 saturated heterocycles. The molecule has 2 heterocycles. The Morgan fingerprint density at radius 1 is 1.56 bits per heavy atom. The highest BCUT2D eigenvalue weighted by atomic mass is 16.5. The van der Waals surface area contributed by atoms with E-state index in [0.29, 0.717) is 18.4 Å². The van der Waals surface area contributed by atoms with Crippen LogP contribution in [0.3, 0.4) is 0 Å². The summed E-state index contributed by atoms with van der Waals surface area (Å²) >= 11 is 0. The van der Waals surface area contributed by atoms with E-state index >= 15 is 0 Å². The molecule has 0 radical (unpaired) electrons. The van der Waals surface area contributed by atoms with Gasteiger partial charge in [-0.25, -0.2) is 0 Å². The third-order valence-electron chi connectivity index (χ3n) is 3.72. The van der Waals surface area contributed by atoms with E-state index < -0.39 is 0 Å². The van der Waals surface area contributed by atoms with Gasteiger partial charge in [-0.15, -0.1) is 0 Å². The highest BCUT2D eigenvalue weighted by Crippen LogP contribution is 2.25. The van der Waals surface area contributed by atoms with Crippen LogP contribution in [0.4, 0.5) is 0 Å². The van der Waals surface area contributed by atoms with E-state index in [-0.39, 0.29) is 12.0 Å². The highest BCUT2D eigenvalue weighted by Gasteiger charge is 2.34. The fourth-order valence-electron chi connectivity index (χ4n) is 2.75. The first-order chi connectivity index (χ1) is 7.70. The summed E-state index contributed by atoms with van der Waals surface area (Å²) in [6.07, 6.45) is 3.29. The molecule has 0 aromatic carbocycles. The van der Waals surface area contributed by atoms with Crippen LogP contribution in [0.25, 0.3) is 0 Å². The number of hydrogen-bond donors (Lipinski definition) is 1. The summed E-state index contributed by atoms with van der Waals surface area (Å²) in [5.41, 5.74) is 5.55. The Morgan fingerprint density at radius 2 is 2.38 bits per heavy atom. The zero-order valence-electron chi connectivity index (χ0n) is 10.0. The molecule has 92 valence electrons. The summed E-state index contributed by atoms with van der Waals surface area (Å²) in [5.74, 6) is 1.02. The summed E-state index contributed by atoms with van der Waals surface area (Å²) in [5, 5.41) is 0. The minimum absolute atomic E-state index is 0.103. The first-order valence-corrected chi connectivity index (χ1v) is 6.31. The standard InChI is InChI=1S/C12H22N2O2/c1-9-6-11(8-16-9)12(15)14-5-3-10(7-14)2-4-13/h9-11H,2-8,13H2,1H3. The molecular weight excluding hydrogens is 204 g/mol. The van der Waals surface area contributed by atoms with Crippen LogP contribution in [0, 0.1) is 11.8 Å². The minimum atomic E-state index is 0.103. The van der Waals surface area contributed by atoms with Gasteiger partial charge in [0.05, 0.1) is 18.6 Å². The summed E-state index contributed by atoms with van der Waals surface area (Å²) in [6.45, 7) is 5.19. The lowest BCUT2D eigenvalue weighted by Crippen LogP contribution is -2.34. The second-order valence-electron chi connectivity index (χ2n) is 5.09. The number of nitrogens with two attached hydrogens (primary N) is 1. The fraction of sp³-hybridized carbons (Fsp3) is 0.917. The maximum absolute atomic E-state index is 12.2. The Labute approximate surface area is 97.1 Å². The van der Waals surface area contributed by atoms with Crippen molar-refractivity contribution in [3.05, 3.63) is 0 Å². The molecule has 0 saturated carbocycles. The maximum Gasteiger partial charge on any atom is 0.228 e. The van der Waals surface area contributed by atoms with E-state index in [1.165, 1.54) is 0 Å². The molecule has 0 bridgehead atoms. The molecule has 2 fully saturated rings. The fourth-order valence-corrected chi connectivity index (χ4v) is 2.75. The average molecular weight is 226 g/mol. The Hall–Kier alpha value is -0.610. The SMILES string of the molecule is CC1CC(C(=O)N2CCC(CCN)C2)CO1. The van der Waals surface area contributed by atoms with E-state index in [1.54, 1.807) is 0 Å². The molecule has 0 spiro atoms. The van der Waals surface area contributed by atoms with Crippen LogP contribution >= 0.6 is 0 Å². The number of carbonyl (C=O) groups is 1. The van der Waals surface area contributed by atoms with Gasteiger partial charge in [-0.2, -0.15) is 0 Å². The summed E-state index contributed by atoms with van der Waals surface area (Å²) in [6, 6.07) is 0. The van der Waals surface area contributed by atoms with Gasteiger partial charge in [-0.3, -0.25) is 4.79 Å². The largest absolute Gasteiger partial charge is 0.378 e. The first kappa shape index (κ1) is 11.9. The minimum Gasteiger partial charge on any atom is -0.378 e. The molecule has 3 atom stereocenters. The Balaban J connectivity index is 1.82. The van der Waals surface area contributed by atoms with Gasteiger partial charge < -0.3 is 15.4 Å². The number of hydrogen-bond acceptors (Lipinski definition) is 3. The van der Waals surface area contributed by atoms with Gasteiger partial charge in [-0.1, -0.05) is 0 Å². The molecule has 2 N–H and O–H groups in total. The number of rotatable bonds is 3. The van der Waals surface area contributed by atoms with Crippen LogP contribution in [0.1, 0.15) is 26.2 Å². The number of nitrogens with zero attached hydrogens (tertiary/aromatic N) is 1. The molecule has 0 aromatic rings. The van der Waals surface area contributed by atoms with Crippen molar-refractivity contribution in [3.63, 3.8) is 0 Å². The van der Waals surface area contributed by atoms with E-state index in [9.17, 15) is 4.79 Å². The van der Waals surface area contributed by atoms with Crippen molar-refractivity contribution >= 4 is 5.91 Å². The van der Waals surface area contributed by atoms with Crippen LogP contribution < -0.4 is 5.73 Å². The van der Waals surface area contributed by atoms with Crippen LogP contribution in [-0.2, 0) is 9.53 Å². The van der Waals surface area contributed by atoms with Gasteiger partial charge in [0, 0.05) is 13.1 Å². The molecule has 0 aliphatic carbocycles. The van der Waals surface area contributed by atoms with Crippen LogP contribution in [-0.4, -0.2) is 43.2 Å². The monoisotopic (exact) mass is 226 g/mol. The normalized spacial score (nSPS) is 34.6. The molecule has 0 aromatic heterocycles. The van der Waals surface area contributed by atoms with Gasteiger partial charge in [0.25, 0.3) is 0 Å². The third-order valence-corrected chi connectivity index (χ3v) is 3.72. The maximum atomic E-state index is 12.2. The van der Waals surface area contributed by atoms with Crippen molar-refractivity contribution in [1.82, 2.24) is 4.90 Å². The zero-order valence-corrected chi connectivity index (χ0v) is 10.0. The molecule has 3 unspecified atom stereocenters. The van der Waals surface area contributed by atoms with Crippen molar-refractivity contribution in [2.45, 2.75) is 32.3 Å². The predicted molar refractivity (Wildman–Crippen MR) is 61.9 cm³/mol. The van der Waals surface area contributed by atoms with Crippen molar-refractivity contribution < 1.29 is 9.53 Å². The van der Waals surface area contributed by atoms with Gasteiger partial charge in [0.2, 0.25) is 5.91 Å². The quantitative estimate of drug-likeness (QED) is 0.767. The molecule has 16 heavy (non-hydrogen) atoms. The Kier molecular flexibility index (Phi) is 3.82. The van der Waals surface area contributed by atoms with Crippen molar-refractivity contribution in [3.8, 4) is 0 Å². The average Bonchev–Trinajstić information content (AvgIpc) is 2.87. The topological polar surface area (TPSA) is 55.6 Å². The second kappa shape index (κ2) is 5.15. The highest BCUT2D eigenvalue weighted by molar-refractivity contribution is 5.79. The molecule has 2 aliphatic heterocycles. The molecule has 1 amide bonds. The Bertz CT molecular complexity index is 257. The summed E-state index contributed by atoms with van der Waals surface area (Å²) < 4.78 is 5.45. The Morgan fingerprint density at radius 3 is 3.00 bits per heavy atom. The van der Waals surface area contributed by atoms with E-state index in [4.69, 9.17) is 10.5 Å². The van der Waals surface area contributed by atoms with Crippen LogP contribution in [0.2, 0.25) is 0 Å². The van der Waals surface area contributed by atoms with E-state index in [0.717, 1.165) is 38.9 Å². The summed E-state index contributed by atoms with van der Waals surface area (Å²) in [7, 11) is 0. The number of carbonyl (C=O) groups excluding carboxylic acids is 1. The van der Waals surface area contributed by atoms with E-state index in [2.05, 4.69) is 0 Å². The first-order valence-electron chi connectivity index (χ1n) is 6.31. The van der Waals surface area contributed by atoms with Gasteiger partial charge in [0.15, 0.2) is 0 Å². The predicted octanol–water partition coefficient (Wildman–Crippen LogP) is 0.609. The van der Waals surface area contributed by atoms with Crippen LogP contribution in [0.15, 0.2) is 0 Å². The molecule has 2 rings (SSSR count). The van der Waals surface area contributed by atoms with Crippen molar-refractivity contribution in [1.29, 1.82) is 0 Å². The molecule has 2 aliphatic rings. The number of amides is 1. The molecule has 4 heteroatoms. The lowest BCUT2D eigenvalue weighted by Gasteiger charge is -2.19. The zero-order chi connectivity index (χ0) is 11.5. The van der Waals surface area contributed by atoms with E-state index in [1.807, 2.05) is 11.8 Å². The van der Waals surface area contributed by atoms with Gasteiger partial charge in [-0.05, 0) is 38.6 Å². The van der Waals surface area contributed by atoms with Gasteiger partial charge in [0.1, 0.15) is 0 Å². The lowest BCUT2D eigenvalue weighted by atomic mass is 10.0. The number of likely N-dealkylation sites (tertiary alicyclic amines) is 1. The lowest BCUT2D eigenvalue weighted by molar-refractivity contribution is -0.134. The van der Waals surface area contributed by atoms with Crippen molar-refractivity contribution in [2.24, 2.45) is 17.6 Å². The number of ether oxygens (including phenoxy) is 1.